The van der Waals surface area contributed by atoms with E-state index < -0.39 is 6.10 Å². The lowest BCUT2D eigenvalue weighted by atomic mass is 10.1. The van der Waals surface area contributed by atoms with E-state index in [-0.39, 0.29) is 31.1 Å². The monoisotopic (exact) mass is 919 g/mol. The molecule has 0 aliphatic heterocycles. The summed E-state index contributed by atoms with van der Waals surface area (Å²) < 4.78 is 16.8. The minimum Gasteiger partial charge on any atom is -0.462 e. The van der Waals surface area contributed by atoms with E-state index in [9.17, 15) is 14.4 Å². The number of hydrogen-bond acceptors (Lipinski definition) is 6. The van der Waals surface area contributed by atoms with Gasteiger partial charge in [-0.3, -0.25) is 14.4 Å². The Labute approximate surface area is 407 Å². The van der Waals surface area contributed by atoms with Gasteiger partial charge in [-0.2, -0.15) is 0 Å². The van der Waals surface area contributed by atoms with Gasteiger partial charge in [0.25, 0.3) is 0 Å². The molecule has 378 valence electrons. The highest BCUT2D eigenvalue weighted by Gasteiger charge is 2.19. The highest BCUT2D eigenvalue weighted by atomic mass is 16.6. The van der Waals surface area contributed by atoms with Crippen LogP contribution in [-0.4, -0.2) is 37.2 Å². The zero-order valence-corrected chi connectivity index (χ0v) is 43.2. The largest absolute Gasteiger partial charge is 0.462 e. The summed E-state index contributed by atoms with van der Waals surface area (Å²) in [6.45, 7) is 6.51. The van der Waals surface area contributed by atoms with Gasteiger partial charge in [-0.05, 0) is 89.9 Å². The van der Waals surface area contributed by atoms with Gasteiger partial charge in [0.05, 0.1) is 0 Å². The van der Waals surface area contributed by atoms with E-state index in [1.54, 1.807) is 0 Å². The van der Waals surface area contributed by atoms with Crippen molar-refractivity contribution >= 4 is 17.9 Å². The van der Waals surface area contributed by atoms with Crippen LogP contribution in [0.2, 0.25) is 0 Å². The van der Waals surface area contributed by atoms with Gasteiger partial charge in [0.15, 0.2) is 6.10 Å². The average Bonchev–Trinajstić information content (AvgIpc) is 3.31. The standard InChI is InChI=1S/C60H102O6/c1-4-7-10-13-16-19-22-24-26-28-30-32-33-35-38-41-44-47-50-53-59(62)65-56-57(55-64-58(61)52-49-46-43-40-37-21-18-15-12-9-6-3)66-60(63)54-51-48-45-42-39-36-34-31-29-27-25-23-20-17-14-11-8-5-2/h15-20,22-25,27,29,31,34,57H,4-14,21,26,28,30,32-33,35-56H2,1-3H3/b18-15-,19-16-,20-17-,24-22-,25-23-,29-27-,34-31-. The first-order valence-electron chi connectivity index (χ1n) is 27.7. The van der Waals surface area contributed by atoms with Crippen LogP contribution in [0, 0.1) is 0 Å². The highest BCUT2D eigenvalue weighted by Crippen LogP contribution is 2.15. The molecule has 0 saturated carbocycles. The lowest BCUT2D eigenvalue weighted by Crippen LogP contribution is -2.30. The maximum Gasteiger partial charge on any atom is 0.306 e. The topological polar surface area (TPSA) is 78.9 Å². The van der Waals surface area contributed by atoms with E-state index in [1.165, 1.54) is 128 Å². The smallest absolute Gasteiger partial charge is 0.306 e. The molecule has 0 aromatic carbocycles. The van der Waals surface area contributed by atoms with Gasteiger partial charge in [-0.1, -0.05) is 234 Å². The van der Waals surface area contributed by atoms with Crippen LogP contribution in [0.4, 0.5) is 0 Å². The molecule has 6 heteroatoms. The van der Waals surface area contributed by atoms with Gasteiger partial charge < -0.3 is 14.2 Å². The molecular weight excluding hydrogens is 817 g/mol. The Morgan fingerprint density at radius 3 is 0.955 bits per heavy atom. The second kappa shape index (κ2) is 54.2. The molecule has 0 aromatic rings. The van der Waals surface area contributed by atoms with E-state index >= 15 is 0 Å². The van der Waals surface area contributed by atoms with Crippen molar-refractivity contribution in [3.8, 4) is 0 Å². The van der Waals surface area contributed by atoms with Crippen LogP contribution < -0.4 is 0 Å². The van der Waals surface area contributed by atoms with Crippen molar-refractivity contribution in [2.75, 3.05) is 13.2 Å². The molecule has 0 rings (SSSR count). The van der Waals surface area contributed by atoms with Gasteiger partial charge in [0.1, 0.15) is 13.2 Å². The fraction of sp³-hybridized carbons (Fsp3) is 0.717. The molecule has 0 radical (unpaired) electrons. The Kier molecular flexibility index (Phi) is 51.4. The fourth-order valence-electron chi connectivity index (χ4n) is 7.48. The summed E-state index contributed by atoms with van der Waals surface area (Å²) in [6.07, 6.45) is 69.9. The summed E-state index contributed by atoms with van der Waals surface area (Å²) >= 11 is 0. The summed E-state index contributed by atoms with van der Waals surface area (Å²) in [5.74, 6) is -0.925. The van der Waals surface area contributed by atoms with Crippen LogP contribution in [0.3, 0.4) is 0 Å². The van der Waals surface area contributed by atoms with Crippen molar-refractivity contribution in [1.29, 1.82) is 0 Å². The van der Waals surface area contributed by atoms with Gasteiger partial charge in [-0.25, -0.2) is 0 Å². The molecule has 0 amide bonds. The van der Waals surface area contributed by atoms with E-state index in [1.807, 2.05) is 0 Å². The predicted molar refractivity (Wildman–Crippen MR) is 284 cm³/mol. The molecule has 0 aliphatic rings. The molecule has 6 nitrogen and oxygen atoms in total. The first kappa shape index (κ1) is 62.6. The second-order valence-corrected chi connectivity index (χ2v) is 18.3. The van der Waals surface area contributed by atoms with Gasteiger partial charge in [0.2, 0.25) is 0 Å². The molecule has 66 heavy (non-hydrogen) atoms. The molecule has 0 heterocycles. The normalized spacial score (nSPS) is 12.7. The number of unbranched alkanes of at least 4 members (excludes halogenated alkanes) is 28. The number of hydrogen-bond donors (Lipinski definition) is 0. The maximum absolute atomic E-state index is 12.8. The third-order valence-corrected chi connectivity index (χ3v) is 11.7. The SMILES string of the molecule is CCCC/C=C\CCCCCCCC(=O)OCC(COC(=O)CCCCCCCCCCCC/C=C\C=C/CCCCC)OC(=O)CCCCCCC\C=C/C=C\C=C/C=C\CCCCC. The van der Waals surface area contributed by atoms with Crippen molar-refractivity contribution in [3.63, 3.8) is 0 Å². The molecular formula is C60H102O6. The maximum atomic E-state index is 12.8. The average molecular weight is 919 g/mol. The Hall–Kier alpha value is -3.41. The molecule has 0 bridgehead atoms. The third-order valence-electron chi connectivity index (χ3n) is 11.7. The van der Waals surface area contributed by atoms with Crippen molar-refractivity contribution < 1.29 is 28.6 Å². The molecule has 0 fully saturated rings. The van der Waals surface area contributed by atoms with Crippen molar-refractivity contribution in [1.82, 2.24) is 0 Å². The van der Waals surface area contributed by atoms with Crippen molar-refractivity contribution in [2.24, 2.45) is 0 Å². The summed E-state index contributed by atoms with van der Waals surface area (Å²) in [5, 5.41) is 0. The van der Waals surface area contributed by atoms with Gasteiger partial charge in [-0.15, -0.1) is 0 Å². The predicted octanol–water partition coefficient (Wildman–Crippen LogP) is 18.4. The highest BCUT2D eigenvalue weighted by molar-refractivity contribution is 5.71. The second-order valence-electron chi connectivity index (χ2n) is 18.3. The van der Waals surface area contributed by atoms with Crippen LogP contribution in [0.5, 0.6) is 0 Å². The third kappa shape index (κ3) is 51.6. The number of allylic oxidation sites excluding steroid dienone is 14. The van der Waals surface area contributed by atoms with E-state index in [0.717, 1.165) is 89.9 Å². The molecule has 0 aliphatic carbocycles. The molecule has 0 N–H and O–H groups in total. The van der Waals surface area contributed by atoms with E-state index in [2.05, 4.69) is 106 Å². The summed E-state index contributed by atoms with van der Waals surface area (Å²) in [7, 11) is 0. The minimum atomic E-state index is -0.794. The molecule has 1 atom stereocenters. The number of carbonyl (C=O) groups excluding carboxylic acids is 3. The van der Waals surface area contributed by atoms with Crippen LogP contribution in [0.15, 0.2) is 85.1 Å². The molecule has 0 saturated heterocycles. The molecule has 0 spiro atoms. The summed E-state index contributed by atoms with van der Waals surface area (Å²) in [5.41, 5.74) is 0. The zero-order chi connectivity index (χ0) is 47.9. The number of rotatable bonds is 49. The lowest BCUT2D eigenvalue weighted by molar-refractivity contribution is -0.167. The van der Waals surface area contributed by atoms with E-state index in [0.29, 0.717) is 19.3 Å². The Balaban J connectivity index is 4.41. The van der Waals surface area contributed by atoms with Crippen LogP contribution >= 0.6 is 0 Å². The first-order valence-corrected chi connectivity index (χ1v) is 27.7. The minimum absolute atomic E-state index is 0.0909. The van der Waals surface area contributed by atoms with Crippen molar-refractivity contribution in [3.05, 3.63) is 85.1 Å². The summed E-state index contributed by atoms with van der Waals surface area (Å²) in [6, 6.07) is 0. The van der Waals surface area contributed by atoms with Crippen molar-refractivity contribution in [2.45, 2.75) is 264 Å². The Morgan fingerprint density at radius 2 is 0.576 bits per heavy atom. The molecule has 1 unspecified atom stereocenters. The van der Waals surface area contributed by atoms with Crippen LogP contribution in [0.25, 0.3) is 0 Å². The number of ether oxygens (including phenoxy) is 3. The fourth-order valence-corrected chi connectivity index (χ4v) is 7.48. The quantitative estimate of drug-likeness (QED) is 0.0199. The number of esters is 3. The van der Waals surface area contributed by atoms with Crippen LogP contribution in [0.1, 0.15) is 258 Å². The van der Waals surface area contributed by atoms with Crippen LogP contribution in [-0.2, 0) is 28.6 Å². The summed E-state index contributed by atoms with van der Waals surface area (Å²) in [4.78, 5) is 38.1. The number of carbonyl (C=O) groups is 3. The van der Waals surface area contributed by atoms with E-state index in [4.69, 9.17) is 14.2 Å². The first-order chi connectivity index (χ1) is 32.5. The molecule has 0 aromatic heterocycles. The lowest BCUT2D eigenvalue weighted by Gasteiger charge is -2.18. The van der Waals surface area contributed by atoms with Gasteiger partial charge >= 0.3 is 17.9 Å². The Bertz CT molecular complexity index is 1290. The zero-order valence-electron chi connectivity index (χ0n) is 43.2. The van der Waals surface area contributed by atoms with Gasteiger partial charge in [0, 0.05) is 19.3 Å². The Morgan fingerprint density at radius 1 is 0.303 bits per heavy atom.